The van der Waals surface area contributed by atoms with Gasteiger partial charge in [-0.25, -0.2) is 18.1 Å². The summed E-state index contributed by atoms with van der Waals surface area (Å²) >= 11 is 11.8. The minimum absolute atomic E-state index is 0.497. The number of H-pyrrole nitrogens is 1. The van der Waals surface area contributed by atoms with Crippen molar-refractivity contribution in [3.8, 4) is 11.3 Å². The van der Waals surface area contributed by atoms with E-state index < -0.39 is 81.7 Å². The summed E-state index contributed by atoms with van der Waals surface area (Å²) in [6, 6.07) is 0. The Hall–Kier alpha value is -1.38. The van der Waals surface area contributed by atoms with E-state index in [-0.39, 0.29) is 0 Å². The molecule has 0 amide bonds. The maximum Gasteiger partial charge on any atom is 0.490 e. The molecule has 17 nitrogen and oxygen atoms in total. The van der Waals surface area contributed by atoms with Gasteiger partial charge in [-0.15, -0.1) is 0 Å². The van der Waals surface area contributed by atoms with Crippen LogP contribution in [0.3, 0.4) is 0 Å². The summed E-state index contributed by atoms with van der Waals surface area (Å²) in [7, 11) is -17.9. The van der Waals surface area contributed by atoms with Crippen molar-refractivity contribution in [2.24, 2.45) is 0 Å². The summed E-state index contributed by atoms with van der Waals surface area (Å²) in [5, 5.41) is 11.9. The minimum atomic E-state index is -6.09. The van der Waals surface area contributed by atoms with Gasteiger partial charge in [-0.2, -0.15) is 13.6 Å². The number of alkyl halides is 1. The molecule has 2 aromatic heterocycles. The number of nitrogens with one attached hydrogen (secondary N) is 1. The van der Waals surface area contributed by atoms with Gasteiger partial charge in [0.25, 0.3) is 5.56 Å². The van der Waals surface area contributed by atoms with Crippen LogP contribution in [0.1, 0.15) is 8.97 Å². The molecule has 3 unspecified atom stereocenters. The van der Waals surface area contributed by atoms with E-state index in [1.165, 1.54) is 0 Å². The molecule has 200 valence electrons. The van der Waals surface area contributed by atoms with Crippen LogP contribution in [0.4, 0.5) is 10.3 Å². The SMILES string of the molecule is [2H]C([2H])(OP(=O)(O)OP(=O)(O)OP(=O)(O)O)[C@H]1O[C@@H](n2cc(F)c3c(=O)[nH]c(N)nc32)C(Cl)(C#CCl)[C@H]1O. The molecule has 0 radical (unpaired) electrons. The molecule has 1 aliphatic rings. The van der Waals surface area contributed by atoms with E-state index in [4.69, 9.17) is 46.2 Å². The van der Waals surface area contributed by atoms with Gasteiger partial charge in [0.05, 0.1) is 9.30 Å². The summed E-state index contributed by atoms with van der Waals surface area (Å²) < 4.78 is 82.1. The van der Waals surface area contributed by atoms with Crippen molar-refractivity contribution >= 4 is 63.7 Å². The highest BCUT2D eigenvalue weighted by atomic mass is 35.5. The number of aliphatic hydroxyl groups is 1. The minimum Gasteiger partial charge on any atom is -0.387 e. The molecule has 36 heavy (non-hydrogen) atoms. The van der Waals surface area contributed by atoms with Crippen molar-refractivity contribution in [3.63, 3.8) is 0 Å². The molecular formula is C13H14Cl2FN4O13P3. The first-order chi connectivity index (χ1) is 17.1. The van der Waals surface area contributed by atoms with Crippen molar-refractivity contribution in [1.29, 1.82) is 0 Å². The van der Waals surface area contributed by atoms with Crippen LogP contribution in [0.2, 0.25) is 0 Å². The van der Waals surface area contributed by atoms with Crippen LogP contribution >= 0.6 is 46.7 Å². The number of halogens is 3. The van der Waals surface area contributed by atoms with Crippen molar-refractivity contribution in [3.05, 3.63) is 22.4 Å². The molecule has 2 aromatic rings. The van der Waals surface area contributed by atoms with Gasteiger partial charge in [-0.3, -0.25) is 18.9 Å². The van der Waals surface area contributed by atoms with Gasteiger partial charge >= 0.3 is 23.5 Å². The fourth-order valence-electron chi connectivity index (χ4n) is 2.97. The fraction of sp³-hybridized carbons (Fsp3) is 0.385. The van der Waals surface area contributed by atoms with E-state index in [2.05, 4.69) is 24.0 Å². The Morgan fingerprint density at radius 2 is 1.97 bits per heavy atom. The van der Waals surface area contributed by atoms with Gasteiger partial charge in [0.2, 0.25) is 5.95 Å². The van der Waals surface area contributed by atoms with Gasteiger partial charge in [0.1, 0.15) is 17.6 Å². The monoisotopic (exact) mass is 618 g/mol. The Morgan fingerprint density at radius 1 is 1.33 bits per heavy atom. The van der Waals surface area contributed by atoms with Gasteiger partial charge in [-0.1, -0.05) is 17.5 Å². The fourth-order valence-corrected chi connectivity index (χ4v) is 6.37. The second-order valence-corrected chi connectivity index (χ2v) is 11.8. The molecule has 0 spiro atoms. The lowest BCUT2D eigenvalue weighted by Gasteiger charge is -2.25. The number of fused-ring (bicyclic) bond motifs is 1. The Balaban J connectivity index is 2.02. The van der Waals surface area contributed by atoms with Gasteiger partial charge in [-0.05, 0) is 11.6 Å². The number of phosphoric ester groups is 1. The zero-order valence-corrected chi connectivity index (χ0v) is 21.0. The Labute approximate surface area is 211 Å². The van der Waals surface area contributed by atoms with Crippen LogP contribution < -0.4 is 11.3 Å². The highest BCUT2D eigenvalue weighted by Gasteiger charge is 2.57. The molecule has 6 atom stereocenters. The van der Waals surface area contributed by atoms with Crippen molar-refractivity contribution < 1.29 is 63.4 Å². The molecule has 0 bridgehead atoms. The average molecular weight is 619 g/mol. The van der Waals surface area contributed by atoms with Crippen molar-refractivity contribution in [2.75, 3.05) is 12.3 Å². The third-order valence-electron chi connectivity index (χ3n) is 4.20. The van der Waals surface area contributed by atoms with Crippen LogP contribution in [0.15, 0.2) is 11.0 Å². The third-order valence-corrected chi connectivity index (χ3v) is 8.46. The third kappa shape index (κ3) is 6.18. The van der Waals surface area contributed by atoms with Crippen LogP contribution in [0.25, 0.3) is 11.0 Å². The first kappa shape index (κ1) is 26.2. The number of aromatic nitrogens is 3. The molecule has 0 aliphatic carbocycles. The topological polar surface area (TPSA) is 266 Å². The second kappa shape index (κ2) is 10.1. The van der Waals surface area contributed by atoms with E-state index in [0.29, 0.717) is 10.8 Å². The zero-order valence-electron chi connectivity index (χ0n) is 18.8. The molecule has 8 N–H and O–H groups in total. The number of anilines is 1. The first-order valence-electron chi connectivity index (χ1n) is 9.68. The number of nitrogens with zero attached hydrogens (tertiary/aromatic N) is 2. The Bertz CT molecular complexity index is 1540. The molecular weight excluding hydrogens is 603 g/mol. The molecule has 1 fully saturated rings. The van der Waals surface area contributed by atoms with E-state index >= 15 is 0 Å². The zero-order chi connectivity index (χ0) is 29.1. The van der Waals surface area contributed by atoms with Crippen LogP contribution in [0.5, 0.6) is 0 Å². The number of ether oxygens (including phenoxy) is 1. The number of aromatic amines is 1. The highest BCUT2D eigenvalue weighted by molar-refractivity contribution is 7.66. The number of hydrogen-bond donors (Lipinski definition) is 7. The van der Waals surface area contributed by atoms with Crippen LogP contribution in [0, 0.1) is 17.1 Å². The number of nitrogens with two attached hydrogens (primary N) is 1. The molecule has 0 aromatic carbocycles. The number of rotatable bonds is 8. The van der Waals surface area contributed by atoms with Gasteiger partial charge in [0.15, 0.2) is 22.6 Å². The molecule has 0 saturated carbocycles. The van der Waals surface area contributed by atoms with Gasteiger partial charge < -0.3 is 35.2 Å². The maximum atomic E-state index is 14.6. The normalized spacial score (nSPS) is 29.1. The lowest BCUT2D eigenvalue weighted by Crippen LogP contribution is -2.41. The Morgan fingerprint density at radius 3 is 2.56 bits per heavy atom. The summed E-state index contributed by atoms with van der Waals surface area (Å²) in [6.45, 7) is -3.69. The molecule has 1 saturated heterocycles. The summed E-state index contributed by atoms with van der Waals surface area (Å²) in [5.74, 6) is 0.406. The molecule has 1 aliphatic heterocycles. The first-order valence-corrected chi connectivity index (χ1v) is 14.0. The largest absolute Gasteiger partial charge is 0.490 e. The smallest absolute Gasteiger partial charge is 0.387 e. The molecule has 23 heteroatoms. The second-order valence-electron chi connectivity index (χ2n) is 6.68. The summed E-state index contributed by atoms with van der Waals surface area (Å²) in [5.41, 5.74) is 3.93. The number of aliphatic hydroxyl groups excluding tert-OH is 1. The summed E-state index contributed by atoms with van der Waals surface area (Å²) in [4.78, 5) is 51.5. The number of hydrogen-bond acceptors (Lipinski definition) is 11. The van der Waals surface area contributed by atoms with E-state index in [0.717, 1.165) is 0 Å². The number of phosphoric acid groups is 3. The number of nitrogen functional groups attached to an aromatic ring is 1. The van der Waals surface area contributed by atoms with Gasteiger partial charge in [0, 0.05) is 11.6 Å². The lowest BCUT2D eigenvalue weighted by molar-refractivity contribution is -0.0427. The quantitative estimate of drug-likeness (QED) is 0.118. The van der Waals surface area contributed by atoms with E-state index in [1.54, 1.807) is 0 Å². The van der Waals surface area contributed by atoms with Crippen molar-refractivity contribution in [2.45, 2.75) is 23.3 Å². The lowest BCUT2D eigenvalue weighted by atomic mass is 9.99. The van der Waals surface area contributed by atoms with Crippen LogP contribution in [-0.2, 0) is 31.6 Å². The van der Waals surface area contributed by atoms with Crippen LogP contribution in [-0.4, -0.2) is 62.9 Å². The standard InChI is InChI=1S/C13H14Cl2FN4O13P3/c14-2-1-13(15)8(21)6(4-30-35(26,27)33-36(28,29)32-34(23,24)25)31-11(13)20-3-5(16)7-9(20)18-12(17)19-10(7)22/h3,6,8,11,21H,4H2,(H,26,27)(H,28,29)(H2,23,24,25)(H3,17,18,19,22)/t6-,8+,11-,13?/m1/s1/i4D2. The predicted molar refractivity (Wildman–Crippen MR) is 117 cm³/mol. The highest BCUT2D eigenvalue weighted by Crippen LogP contribution is 2.66. The van der Waals surface area contributed by atoms with E-state index in [9.17, 15) is 37.8 Å². The maximum absolute atomic E-state index is 14.6. The van der Waals surface area contributed by atoms with Crippen molar-refractivity contribution in [1.82, 2.24) is 14.5 Å². The predicted octanol–water partition coefficient (Wildman–Crippen LogP) is 0.225. The Kier molecular flexibility index (Phi) is 7.33. The molecule has 3 rings (SSSR count). The van der Waals surface area contributed by atoms with E-state index in [1.807, 2.05) is 10.4 Å². The summed E-state index contributed by atoms with van der Waals surface area (Å²) in [6.07, 6.45) is -6.16. The molecule has 3 heterocycles. The average Bonchev–Trinajstić information content (AvgIpc) is 3.12.